The number of ether oxygens (including phenoxy) is 2. The van der Waals surface area contributed by atoms with Crippen molar-refractivity contribution in [2.45, 2.75) is 85.4 Å². The van der Waals surface area contributed by atoms with E-state index in [1.807, 2.05) is 34.6 Å². The molecule has 1 aromatic carbocycles. The predicted molar refractivity (Wildman–Crippen MR) is 166 cm³/mol. The number of nitrogens with zero attached hydrogens (tertiary/aromatic N) is 6. The van der Waals surface area contributed by atoms with Crippen molar-refractivity contribution in [1.29, 1.82) is 0 Å². The number of anilines is 1. The molecule has 1 aromatic heterocycles. The molecule has 2 aliphatic heterocycles. The molecule has 2 aliphatic rings. The van der Waals surface area contributed by atoms with Crippen molar-refractivity contribution in [2.75, 3.05) is 44.7 Å². The van der Waals surface area contributed by atoms with Gasteiger partial charge in [0.25, 0.3) is 11.8 Å². The van der Waals surface area contributed by atoms with E-state index in [0.29, 0.717) is 24.3 Å². The maximum absolute atomic E-state index is 14.3. The van der Waals surface area contributed by atoms with Gasteiger partial charge in [0.05, 0.1) is 5.56 Å². The van der Waals surface area contributed by atoms with Gasteiger partial charge in [-0.05, 0) is 78.0 Å². The lowest BCUT2D eigenvalue weighted by atomic mass is 9.76. The van der Waals surface area contributed by atoms with Gasteiger partial charge in [-0.1, -0.05) is 13.8 Å². The van der Waals surface area contributed by atoms with Crippen molar-refractivity contribution in [2.24, 2.45) is 11.3 Å². The van der Waals surface area contributed by atoms with E-state index in [4.69, 9.17) is 9.47 Å². The lowest BCUT2D eigenvalue weighted by Crippen LogP contribution is -2.62. The summed E-state index contributed by atoms with van der Waals surface area (Å²) < 4.78 is 26.0. The molecule has 0 aliphatic carbocycles. The highest BCUT2D eigenvalue weighted by Gasteiger charge is 2.50. The molecule has 1 N–H and O–H groups in total. The lowest BCUT2D eigenvalue weighted by molar-refractivity contribution is -0.0430. The predicted octanol–water partition coefficient (Wildman–Crippen LogP) is 5.13. The molecular formula is C32H48FN7O4. The maximum Gasteiger partial charge on any atom is 0.407 e. The van der Waals surface area contributed by atoms with Crippen molar-refractivity contribution in [3.05, 3.63) is 35.9 Å². The van der Waals surface area contributed by atoms with Crippen LogP contribution in [0.5, 0.6) is 11.6 Å². The van der Waals surface area contributed by atoms with Crippen LogP contribution < -0.4 is 15.0 Å². The molecule has 1 atom stereocenters. The summed E-state index contributed by atoms with van der Waals surface area (Å²) in [5, 5.41) is 10.7. The Kier molecular flexibility index (Phi) is 10.3. The number of halogens is 1. The standard InChI is InChI=1S/C32H48FN7O4/c1-9-40(22(4)5)29(41)24-16-23(33)10-11-26(24)43-28-27(35-20-36-37-28)38-15-14-32(17-38)18-39(19-32)25(21(2)3)12-13-31(6,7)44-30(42)34-8/h10-11,16,20-22,25H,9,12-15,17-19H2,1-8H3,(H,34,42)/t25-/m0/s1. The van der Waals surface area contributed by atoms with Crippen molar-refractivity contribution in [3.8, 4) is 11.6 Å². The number of aromatic nitrogens is 3. The number of hydrogen-bond donors (Lipinski definition) is 1. The molecule has 11 nitrogen and oxygen atoms in total. The first kappa shape index (κ1) is 33.4. The van der Waals surface area contributed by atoms with Crippen LogP contribution in [-0.4, -0.2) is 94.4 Å². The number of benzene rings is 1. The molecule has 2 saturated heterocycles. The molecule has 0 bridgehead atoms. The smallest absolute Gasteiger partial charge is 0.407 e. The second kappa shape index (κ2) is 13.6. The molecule has 2 amide bonds. The molecule has 12 heteroatoms. The van der Waals surface area contributed by atoms with Crippen molar-refractivity contribution < 1.29 is 23.5 Å². The Bertz CT molecular complexity index is 1320. The fourth-order valence-corrected chi connectivity index (χ4v) is 6.51. The largest absolute Gasteiger partial charge is 0.444 e. The first-order chi connectivity index (χ1) is 20.8. The van der Waals surface area contributed by atoms with E-state index >= 15 is 0 Å². The number of carbonyl (C=O) groups excluding carboxylic acids is 2. The van der Waals surface area contributed by atoms with Crippen LogP contribution >= 0.6 is 0 Å². The number of nitrogens with one attached hydrogen (secondary N) is 1. The highest BCUT2D eigenvalue weighted by atomic mass is 19.1. The molecule has 2 aromatic rings. The van der Waals surface area contributed by atoms with E-state index in [2.05, 4.69) is 44.1 Å². The zero-order valence-corrected chi connectivity index (χ0v) is 27.4. The quantitative estimate of drug-likeness (QED) is 0.348. The first-order valence-corrected chi connectivity index (χ1v) is 15.6. The van der Waals surface area contributed by atoms with Gasteiger partial charge in [0.15, 0.2) is 5.82 Å². The number of rotatable bonds is 12. The first-order valence-electron chi connectivity index (χ1n) is 15.6. The van der Waals surface area contributed by atoms with Gasteiger partial charge < -0.3 is 24.6 Å². The molecule has 4 rings (SSSR count). The topological polar surface area (TPSA) is 113 Å². The molecule has 0 saturated carbocycles. The van der Waals surface area contributed by atoms with Crippen LogP contribution in [0.1, 0.15) is 78.1 Å². The van der Waals surface area contributed by atoms with Crippen LogP contribution in [-0.2, 0) is 4.74 Å². The Morgan fingerprint density at radius 3 is 2.55 bits per heavy atom. The third kappa shape index (κ3) is 7.57. The molecule has 44 heavy (non-hydrogen) atoms. The molecule has 242 valence electrons. The van der Waals surface area contributed by atoms with E-state index < -0.39 is 17.5 Å². The highest BCUT2D eigenvalue weighted by molar-refractivity contribution is 5.97. The van der Waals surface area contributed by atoms with Gasteiger partial charge in [-0.15, -0.1) is 10.2 Å². The summed E-state index contributed by atoms with van der Waals surface area (Å²) in [4.78, 5) is 36.0. The number of carbonyl (C=O) groups is 2. The molecule has 0 radical (unpaired) electrons. The van der Waals surface area contributed by atoms with E-state index in [-0.39, 0.29) is 34.6 Å². The Balaban J connectivity index is 1.45. The minimum atomic E-state index is -0.547. The number of likely N-dealkylation sites (tertiary alicyclic amines) is 1. The minimum absolute atomic E-state index is 0.0575. The Labute approximate surface area is 260 Å². The SMILES string of the molecule is CCN(C(=O)c1cc(F)ccc1Oc1nncnc1N1CCC2(C1)CN([C@@H](CCC(C)(C)OC(=O)NC)C(C)C)C2)C(C)C. The maximum atomic E-state index is 14.3. The van der Waals surface area contributed by atoms with Crippen LogP contribution in [0.3, 0.4) is 0 Å². The van der Waals surface area contributed by atoms with Gasteiger partial charge in [0, 0.05) is 57.3 Å². The van der Waals surface area contributed by atoms with Crippen molar-refractivity contribution >= 4 is 17.8 Å². The van der Waals surface area contributed by atoms with E-state index in [0.717, 1.165) is 45.4 Å². The molecule has 3 heterocycles. The fraction of sp³-hybridized carbons (Fsp3) is 0.656. The number of alkyl carbamates (subject to hydrolysis) is 1. The van der Waals surface area contributed by atoms with E-state index in [9.17, 15) is 14.0 Å². The fourth-order valence-electron chi connectivity index (χ4n) is 6.51. The zero-order valence-electron chi connectivity index (χ0n) is 27.4. The van der Waals surface area contributed by atoms with Gasteiger partial charge >= 0.3 is 6.09 Å². The molecule has 2 fully saturated rings. The number of amides is 2. The van der Waals surface area contributed by atoms with Crippen LogP contribution in [0.4, 0.5) is 15.0 Å². The Hall–Kier alpha value is -3.54. The van der Waals surface area contributed by atoms with Gasteiger partial charge in [-0.2, -0.15) is 0 Å². The summed E-state index contributed by atoms with van der Waals surface area (Å²) in [6, 6.07) is 4.25. The second-order valence-electron chi connectivity index (χ2n) is 13.3. The van der Waals surface area contributed by atoms with Gasteiger partial charge in [-0.3, -0.25) is 9.69 Å². The average Bonchev–Trinajstić information content (AvgIpc) is 3.39. The highest BCUT2D eigenvalue weighted by Crippen LogP contribution is 2.45. The zero-order chi connectivity index (χ0) is 32.2. The third-order valence-corrected chi connectivity index (χ3v) is 8.84. The minimum Gasteiger partial charge on any atom is -0.444 e. The second-order valence-corrected chi connectivity index (χ2v) is 13.3. The Morgan fingerprint density at radius 1 is 1.18 bits per heavy atom. The van der Waals surface area contributed by atoms with Gasteiger partial charge in [0.2, 0.25) is 0 Å². The van der Waals surface area contributed by atoms with Crippen LogP contribution in [0.15, 0.2) is 24.5 Å². The van der Waals surface area contributed by atoms with Crippen molar-refractivity contribution in [1.82, 2.24) is 30.3 Å². The van der Waals surface area contributed by atoms with Crippen LogP contribution in [0.2, 0.25) is 0 Å². The van der Waals surface area contributed by atoms with Crippen molar-refractivity contribution in [3.63, 3.8) is 0 Å². The van der Waals surface area contributed by atoms with Crippen LogP contribution in [0, 0.1) is 17.2 Å². The van der Waals surface area contributed by atoms with Gasteiger partial charge in [0.1, 0.15) is 23.5 Å². The summed E-state index contributed by atoms with van der Waals surface area (Å²) in [7, 11) is 1.57. The Morgan fingerprint density at radius 2 is 1.91 bits per heavy atom. The van der Waals surface area contributed by atoms with E-state index in [1.165, 1.54) is 24.5 Å². The summed E-state index contributed by atoms with van der Waals surface area (Å²) >= 11 is 0. The molecular weight excluding hydrogens is 565 g/mol. The average molecular weight is 614 g/mol. The third-order valence-electron chi connectivity index (χ3n) is 8.84. The van der Waals surface area contributed by atoms with E-state index in [1.54, 1.807) is 11.9 Å². The molecule has 1 spiro atoms. The monoisotopic (exact) mass is 613 g/mol. The van der Waals surface area contributed by atoms with Crippen LogP contribution in [0.25, 0.3) is 0 Å². The summed E-state index contributed by atoms with van der Waals surface area (Å²) in [6.07, 6.45) is 3.69. The molecule has 0 unspecified atom stereocenters. The normalized spacial score (nSPS) is 17.1. The summed E-state index contributed by atoms with van der Waals surface area (Å²) in [5.41, 5.74) is -0.290. The summed E-state index contributed by atoms with van der Waals surface area (Å²) in [6.45, 7) is 18.1. The summed E-state index contributed by atoms with van der Waals surface area (Å²) in [5.74, 6) is 0.587. The van der Waals surface area contributed by atoms with Gasteiger partial charge in [-0.25, -0.2) is 14.2 Å². The lowest BCUT2D eigenvalue weighted by Gasteiger charge is -2.53. The number of hydrogen-bond acceptors (Lipinski definition) is 9.